The molecule has 2 fully saturated rings. The first-order valence-electron chi connectivity index (χ1n) is 9.83. The quantitative estimate of drug-likeness (QED) is 0.386. The van der Waals surface area contributed by atoms with Crippen molar-refractivity contribution < 1.29 is 0 Å². The van der Waals surface area contributed by atoms with Gasteiger partial charge in [0.15, 0.2) is 11.8 Å². The van der Waals surface area contributed by atoms with E-state index in [0.717, 1.165) is 31.4 Å². The third kappa shape index (κ3) is 5.00. The summed E-state index contributed by atoms with van der Waals surface area (Å²) in [5.41, 5.74) is 1.18. The number of aromatic nitrogens is 3. The second-order valence-electron chi connectivity index (χ2n) is 7.39. The summed E-state index contributed by atoms with van der Waals surface area (Å²) >= 11 is 2.19. The third-order valence-corrected chi connectivity index (χ3v) is 7.06. The Bertz CT molecular complexity index is 767. The molecule has 1 aliphatic heterocycles. The molecule has 0 atom stereocenters. The fourth-order valence-electron chi connectivity index (χ4n) is 4.14. The molecular weight excluding hydrogens is 483 g/mol. The summed E-state index contributed by atoms with van der Waals surface area (Å²) in [4.78, 5) is 11.4. The molecule has 1 spiro atoms. The molecule has 0 amide bonds. The van der Waals surface area contributed by atoms with Crippen LogP contribution in [0, 0.1) is 0 Å². The van der Waals surface area contributed by atoms with Crippen molar-refractivity contribution >= 4 is 41.7 Å². The van der Waals surface area contributed by atoms with Crippen molar-refractivity contribution in [3.63, 3.8) is 0 Å². The maximum atomic E-state index is 4.57. The molecule has 6 nitrogen and oxygen atoms in total. The smallest absolute Gasteiger partial charge is 0.193 e. The number of rotatable bonds is 3. The lowest BCUT2D eigenvalue weighted by atomic mass is 9.87. The average Bonchev–Trinajstić information content (AvgIpc) is 3.24. The minimum atomic E-state index is 0. The van der Waals surface area contributed by atoms with Crippen LogP contribution in [-0.2, 0) is 6.54 Å². The first-order chi connectivity index (χ1) is 13.3. The second-order valence-corrected chi connectivity index (χ2v) is 8.95. The Labute approximate surface area is 188 Å². The Morgan fingerprint density at radius 2 is 2.14 bits per heavy atom. The van der Waals surface area contributed by atoms with Gasteiger partial charge in [-0.25, -0.2) is 9.67 Å². The van der Waals surface area contributed by atoms with Crippen LogP contribution >= 0.6 is 35.7 Å². The van der Waals surface area contributed by atoms with E-state index in [1.807, 2.05) is 31.6 Å². The van der Waals surface area contributed by atoms with Gasteiger partial charge in [0.05, 0.1) is 0 Å². The van der Waals surface area contributed by atoms with Gasteiger partial charge in [-0.05, 0) is 36.6 Å². The number of hydrogen-bond donors (Lipinski definition) is 1. The zero-order valence-corrected chi connectivity index (χ0v) is 19.5. The monoisotopic (exact) mass is 512 g/mol. The van der Waals surface area contributed by atoms with E-state index in [1.54, 1.807) is 10.9 Å². The predicted octanol–water partition coefficient (Wildman–Crippen LogP) is 3.71. The molecule has 8 heteroatoms. The largest absolute Gasteiger partial charge is 0.352 e. The van der Waals surface area contributed by atoms with Crippen LogP contribution in [0.3, 0.4) is 0 Å². The molecule has 0 radical (unpaired) electrons. The van der Waals surface area contributed by atoms with E-state index in [9.17, 15) is 0 Å². The van der Waals surface area contributed by atoms with Crippen LogP contribution < -0.4 is 5.32 Å². The number of aliphatic imine (C=N–C) groups is 1. The molecule has 0 unspecified atom stereocenters. The minimum absolute atomic E-state index is 0. The fraction of sp³-hybridized carbons (Fsp3) is 0.550. The van der Waals surface area contributed by atoms with Gasteiger partial charge in [-0.3, -0.25) is 4.99 Å². The van der Waals surface area contributed by atoms with Crippen LogP contribution in [0.2, 0.25) is 0 Å². The van der Waals surface area contributed by atoms with Crippen LogP contribution in [0.1, 0.15) is 37.7 Å². The predicted molar refractivity (Wildman–Crippen MR) is 127 cm³/mol. The summed E-state index contributed by atoms with van der Waals surface area (Å²) in [7, 11) is 1.89. The van der Waals surface area contributed by atoms with Crippen LogP contribution in [0.25, 0.3) is 5.82 Å². The van der Waals surface area contributed by atoms with Gasteiger partial charge in [0.2, 0.25) is 0 Å². The van der Waals surface area contributed by atoms with Crippen molar-refractivity contribution in [3.8, 4) is 5.82 Å². The van der Waals surface area contributed by atoms with E-state index in [2.05, 4.69) is 43.1 Å². The Balaban J connectivity index is 0.00000225. The fourth-order valence-corrected chi connectivity index (χ4v) is 5.71. The lowest BCUT2D eigenvalue weighted by Gasteiger charge is -2.45. The highest BCUT2D eigenvalue weighted by Gasteiger charge is 2.38. The number of nitrogens with one attached hydrogen (secondary N) is 1. The number of pyridine rings is 1. The normalized spacial score (nSPS) is 19.3. The summed E-state index contributed by atoms with van der Waals surface area (Å²) in [6.45, 7) is 2.92. The molecule has 2 aromatic rings. The molecule has 152 valence electrons. The van der Waals surface area contributed by atoms with Crippen LogP contribution in [0.5, 0.6) is 0 Å². The summed E-state index contributed by atoms with van der Waals surface area (Å²) in [6.07, 6.45) is 12.4. The van der Waals surface area contributed by atoms with E-state index in [0.29, 0.717) is 4.75 Å². The van der Waals surface area contributed by atoms with Crippen molar-refractivity contribution in [2.75, 3.05) is 25.9 Å². The van der Waals surface area contributed by atoms with Crippen molar-refractivity contribution in [2.24, 2.45) is 4.99 Å². The maximum Gasteiger partial charge on any atom is 0.193 e. The molecular formula is C20H29IN6S. The standard InChI is InChI=1S/C20H28N6S.HI/c1-21-19(25-12-13-27-20(16-25)7-3-2-4-8-20)23-15-17-6-10-22-18(14-17)26-11-5-9-24-26;/h5-6,9-11,14H,2-4,7-8,12-13,15-16H2,1H3,(H,21,23);1H. The molecule has 3 heterocycles. The molecule has 4 rings (SSSR count). The molecule has 1 saturated heterocycles. The number of nitrogens with zero attached hydrogens (tertiary/aromatic N) is 5. The van der Waals surface area contributed by atoms with Gasteiger partial charge in [0.1, 0.15) is 0 Å². The molecule has 1 N–H and O–H groups in total. The zero-order valence-electron chi connectivity index (χ0n) is 16.4. The van der Waals surface area contributed by atoms with Crippen molar-refractivity contribution in [1.82, 2.24) is 25.0 Å². The average molecular weight is 512 g/mol. The Morgan fingerprint density at radius 3 is 2.89 bits per heavy atom. The van der Waals surface area contributed by atoms with Crippen LogP contribution in [0.15, 0.2) is 41.8 Å². The van der Waals surface area contributed by atoms with Gasteiger partial charge in [-0.2, -0.15) is 16.9 Å². The maximum absolute atomic E-state index is 4.57. The highest BCUT2D eigenvalue weighted by atomic mass is 127. The molecule has 1 saturated carbocycles. The van der Waals surface area contributed by atoms with E-state index in [4.69, 9.17) is 0 Å². The summed E-state index contributed by atoms with van der Waals surface area (Å²) in [5, 5.41) is 7.82. The Morgan fingerprint density at radius 1 is 1.29 bits per heavy atom. The number of halogens is 1. The van der Waals surface area contributed by atoms with Crippen molar-refractivity contribution in [3.05, 3.63) is 42.4 Å². The van der Waals surface area contributed by atoms with Crippen molar-refractivity contribution in [1.29, 1.82) is 0 Å². The van der Waals surface area contributed by atoms with E-state index < -0.39 is 0 Å². The second kappa shape index (κ2) is 9.96. The Kier molecular flexibility index (Phi) is 7.62. The lowest BCUT2D eigenvalue weighted by Crippen LogP contribution is -2.53. The SMILES string of the molecule is CN=C(NCc1ccnc(-n2cccn2)c1)N1CCSC2(CCCCC2)C1.I. The lowest BCUT2D eigenvalue weighted by molar-refractivity contribution is 0.293. The highest BCUT2D eigenvalue weighted by molar-refractivity contribution is 14.0. The van der Waals surface area contributed by atoms with Gasteiger partial charge in [0.25, 0.3) is 0 Å². The van der Waals surface area contributed by atoms with Gasteiger partial charge < -0.3 is 10.2 Å². The van der Waals surface area contributed by atoms with Crippen LogP contribution in [-0.4, -0.2) is 56.3 Å². The van der Waals surface area contributed by atoms with E-state index in [-0.39, 0.29) is 24.0 Å². The molecule has 2 aliphatic rings. The third-order valence-electron chi connectivity index (χ3n) is 5.52. The summed E-state index contributed by atoms with van der Waals surface area (Å²) in [6, 6.07) is 6.02. The molecule has 1 aliphatic carbocycles. The number of hydrogen-bond acceptors (Lipinski definition) is 4. The van der Waals surface area contributed by atoms with Crippen LogP contribution in [0.4, 0.5) is 0 Å². The minimum Gasteiger partial charge on any atom is -0.352 e. The van der Waals surface area contributed by atoms with E-state index >= 15 is 0 Å². The first kappa shape index (κ1) is 21.4. The van der Waals surface area contributed by atoms with Gasteiger partial charge in [-0.1, -0.05) is 19.3 Å². The number of thioether (sulfide) groups is 1. The topological polar surface area (TPSA) is 58.3 Å². The molecule has 0 aromatic carbocycles. The van der Waals surface area contributed by atoms with Gasteiger partial charge in [-0.15, -0.1) is 24.0 Å². The Hall–Kier alpha value is -1.29. The summed E-state index contributed by atoms with van der Waals surface area (Å²) in [5.74, 6) is 3.04. The first-order valence-corrected chi connectivity index (χ1v) is 10.8. The number of guanidine groups is 1. The molecule has 0 bridgehead atoms. The highest BCUT2D eigenvalue weighted by Crippen LogP contribution is 2.42. The molecule has 2 aromatic heterocycles. The van der Waals surface area contributed by atoms with E-state index in [1.165, 1.54) is 43.4 Å². The van der Waals surface area contributed by atoms with Gasteiger partial charge >= 0.3 is 0 Å². The van der Waals surface area contributed by atoms with Crippen molar-refractivity contribution in [2.45, 2.75) is 43.4 Å². The summed E-state index contributed by atoms with van der Waals surface area (Å²) < 4.78 is 2.23. The zero-order chi connectivity index (χ0) is 18.5. The van der Waals surface area contributed by atoms with Gasteiger partial charge in [0, 0.05) is 55.8 Å². The molecule has 28 heavy (non-hydrogen) atoms.